The molecule has 168 valence electrons. The molecule has 2 aliphatic rings. The Hall–Kier alpha value is -2.95. The molecular weight excluding hydrogens is 404 g/mol. The Labute approximate surface area is 187 Å². The van der Waals surface area contributed by atoms with Crippen LogP contribution in [0.15, 0.2) is 39.5 Å². The maximum Gasteiger partial charge on any atom is 0.197 e. The van der Waals surface area contributed by atoms with Gasteiger partial charge in [0.05, 0.1) is 0 Å². The van der Waals surface area contributed by atoms with Crippen LogP contribution >= 0.6 is 0 Å². The molecule has 1 saturated carbocycles. The quantitative estimate of drug-likeness (QED) is 0.453. The number of ether oxygens (including phenoxy) is 1. The van der Waals surface area contributed by atoms with Crippen molar-refractivity contribution in [2.24, 2.45) is 10.8 Å². The van der Waals surface area contributed by atoms with Crippen LogP contribution in [0.25, 0.3) is 22.3 Å². The van der Waals surface area contributed by atoms with Crippen LogP contribution in [-0.2, 0) is 6.42 Å². The topological polar surface area (TPSA) is 79.9 Å². The molecule has 0 saturated heterocycles. The number of rotatable bonds is 1. The summed E-state index contributed by atoms with van der Waals surface area (Å²) in [7, 11) is 0. The lowest BCUT2D eigenvalue weighted by Gasteiger charge is -2.61. The molecule has 0 unspecified atom stereocenters. The third kappa shape index (κ3) is 2.73. The van der Waals surface area contributed by atoms with E-state index in [2.05, 4.69) is 27.7 Å². The third-order valence-electron chi connectivity index (χ3n) is 8.53. The maximum atomic E-state index is 13.3. The number of aromatic hydroxyl groups is 2. The van der Waals surface area contributed by atoms with Crippen LogP contribution in [0, 0.1) is 17.8 Å². The molecule has 2 atom stereocenters. The molecule has 2 N–H and O–H groups in total. The van der Waals surface area contributed by atoms with E-state index in [1.54, 1.807) is 6.07 Å². The first-order valence-corrected chi connectivity index (χ1v) is 11.3. The lowest BCUT2D eigenvalue weighted by Crippen LogP contribution is -2.61. The minimum Gasteiger partial charge on any atom is -0.504 e. The molecule has 5 nitrogen and oxygen atoms in total. The number of fused-ring (bicyclic) bond motifs is 4. The smallest absolute Gasteiger partial charge is 0.197 e. The molecule has 32 heavy (non-hydrogen) atoms. The number of phenols is 2. The summed E-state index contributed by atoms with van der Waals surface area (Å²) in [5.41, 5.74) is 2.66. The van der Waals surface area contributed by atoms with E-state index in [0.717, 1.165) is 36.8 Å². The average Bonchev–Trinajstić information content (AvgIpc) is 2.70. The predicted octanol–water partition coefficient (Wildman–Crippen LogP) is 6.09. The Morgan fingerprint density at radius 2 is 1.72 bits per heavy atom. The number of aryl methyl sites for hydroxylation is 1. The molecule has 1 aliphatic carbocycles. The zero-order valence-electron chi connectivity index (χ0n) is 19.3. The second-order valence-corrected chi connectivity index (χ2v) is 10.6. The summed E-state index contributed by atoms with van der Waals surface area (Å²) in [5.74, 6) is 0.513. The molecule has 1 aromatic heterocycles. The van der Waals surface area contributed by atoms with E-state index >= 15 is 0 Å². The highest BCUT2D eigenvalue weighted by Crippen LogP contribution is 2.62. The predicted molar refractivity (Wildman–Crippen MR) is 124 cm³/mol. The van der Waals surface area contributed by atoms with Gasteiger partial charge in [-0.3, -0.25) is 4.79 Å². The Balaban J connectivity index is 1.72. The van der Waals surface area contributed by atoms with Crippen LogP contribution in [-0.4, -0.2) is 15.8 Å². The molecule has 1 aliphatic heterocycles. The molecule has 3 aromatic rings. The number of hydrogen-bond donors (Lipinski definition) is 2. The second kappa shape index (κ2) is 6.53. The largest absolute Gasteiger partial charge is 0.504 e. The van der Waals surface area contributed by atoms with E-state index < -0.39 is 0 Å². The maximum absolute atomic E-state index is 13.3. The molecular formula is C27H30O5. The van der Waals surface area contributed by atoms with Gasteiger partial charge in [-0.15, -0.1) is 0 Å². The summed E-state index contributed by atoms with van der Waals surface area (Å²) >= 11 is 0. The summed E-state index contributed by atoms with van der Waals surface area (Å²) in [5, 5.41) is 19.9. The van der Waals surface area contributed by atoms with Gasteiger partial charge in [-0.25, -0.2) is 0 Å². The molecule has 0 amide bonds. The van der Waals surface area contributed by atoms with E-state index in [-0.39, 0.29) is 33.4 Å². The van der Waals surface area contributed by atoms with Crippen molar-refractivity contribution < 1.29 is 19.4 Å². The highest BCUT2D eigenvalue weighted by Gasteiger charge is 2.60. The van der Waals surface area contributed by atoms with Crippen molar-refractivity contribution in [3.05, 3.63) is 51.7 Å². The zero-order valence-corrected chi connectivity index (χ0v) is 19.3. The van der Waals surface area contributed by atoms with Crippen LogP contribution in [0.2, 0.25) is 0 Å². The Bertz CT molecular complexity index is 1320. The first kappa shape index (κ1) is 20.9. The molecule has 0 spiro atoms. The minimum absolute atomic E-state index is 0.0482. The summed E-state index contributed by atoms with van der Waals surface area (Å²) < 4.78 is 12.9. The highest BCUT2D eigenvalue weighted by atomic mass is 16.5. The highest BCUT2D eigenvalue weighted by molar-refractivity contribution is 5.88. The van der Waals surface area contributed by atoms with E-state index in [9.17, 15) is 15.0 Å². The van der Waals surface area contributed by atoms with E-state index in [1.165, 1.54) is 18.2 Å². The van der Waals surface area contributed by atoms with Crippen molar-refractivity contribution in [3.63, 3.8) is 0 Å². The van der Waals surface area contributed by atoms with Crippen LogP contribution in [0.4, 0.5) is 0 Å². The summed E-state index contributed by atoms with van der Waals surface area (Å²) in [6.45, 7) is 11.2. The van der Waals surface area contributed by atoms with Crippen molar-refractivity contribution in [1.82, 2.24) is 0 Å². The first-order valence-electron chi connectivity index (χ1n) is 11.3. The van der Waals surface area contributed by atoms with Crippen molar-refractivity contribution in [3.8, 4) is 28.6 Å². The first-order chi connectivity index (χ1) is 15.0. The molecule has 5 heteroatoms. The van der Waals surface area contributed by atoms with Crippen molar-refractivity contribution in [2.75, 3.05) is 0 Å². The van der Waals surface area contributed by atoms with Gasteiger partial charge in [-0.2, -0.15) is 0 Å². The fraction of sp³-hybridized carbons (Fsp3) is 0.444. The van der Waals surface area contributed by atoms with Crippen LogP contribution < -0.4 is 10.2 Å². The standard InChI is InChI=1S/C27H30O5/c1-15-11-22-23(20(30)13-21(31-22)16-7-8-18(28)19(29)12-16)24-17(15)14-26(4)25(2,3)9-6-10-27(26,5)32-24/h7-8,11-13,28-29H,6,9-10,14H2,1-5H3/t26-,27+/m0/s1. The molecule has 0 bridgehead atoms. The van der Waals surface area contributed by atoms with Crippen LogP contribution in [0.1, 0.15) is 58.1 Å². The van der Waals surface area contributed by atoms with Gasteiger partial charge >= 0.3 is 0 Å². The lowest BCUT2D eigenvalue weighted by molar-refractivity contribution is -0.151. The fourth-order valence-corrected chi connectivity index (χ4v) is 5.91. The van der Waals surface area contributed by atoms with E-state index in [1.807, 2.05) is 13.0 Å². The van der Waals surface area contributed by atoms with Gasteiger partial charge in [0.15, 0.2) is 16.9 Å². The van der Waals surface area contributed by atoms with Gasteiger partial charge in [-0.1, -0.05) is 20.8 Å². The molecule has 0 radical (unpaired) electrons. The van der Waals surface area contributed by atoms with Crippen molar-refractivity contribution in [1.29, 1.82) is 0 Å². The Morgan fingerprint density at radius 1 is 0.969 bits per heavy atom. The Morgan fingerprint density at radius 3 is 2.44 bits per heavy atom. The van der Waals surface area contributed by atoms with Crippen LogP contribution in [0.5, 0.6) is 17.2 Å². The third-order valence-corrected chi connectivity index (χ3v) is 8.53. The minimum atomic E-state index is -0.365. The molecule has 1 fully saturated rings. The zero-order chi connectivity index (χ0) is 23.1. The number of phenolic OH excluding ortho intramolecular Hbond substituents is 2. The Kier molecular flexibility index (Phi) is 4.27. The van der Waals surface area contributed by atoms with Gasteiger partial charge in [0, 0.05) is 17.0 Å². The van der Waals surface area contributed by atoms with Gasteiger partial charge < -0.3 is 19.4 Å². The monoisotopic (exact) mass is 434 g/mol. The molecule has 5 rings (SSSR count). The van der Waals surface area contributed by atoms with Gasteiger partial charge in [0.25, 0.3) is 0 Å². The van der Waals surface area contributed by atoms with Gasteiger partial charge in [0.1, 0.15) is 28.1 Å². The molecule has 2 heterocycles. The SMILES string of the molecule is Cc1cc2oc(-c3ccc(O)c(O)c3)cc(=O)c2c2c1C[C@@]1(C)C(C)(C)CCC[C@@]1(C)O2. The summed E-state index contributed by atoms with van der Waals surface area (Å²) in [6.07, 6.45) is 4.08. The number of benzene rings is 2. The average molecular weight is 435 g/mol. The normalized spacial score (nSPS) is 26.3. The molecule has 2 aromatic carbocycles. The fourth-order valence-electron chi connectivity index (χ4n) is 5.91. The van der Waals surface area contributed by atoms with Gasteiger partial charge in [-0.05, 0) is 80.3 Å². The summed E-state index contributed by atoms with van der Waals surface area (Å²) in [6, 6.07) is 7.73. The van der Waals surface area contributed by atoms with Crippen LogP contribution in [0.3, 0.4) is 0 Å². The van der Waals surface area contributed by atoms with E-state index in [0.29, 0.717) is 28.0 Å². The van der Waals surface area contributed by atoms with Gasteiger partial charge in [0.2, 0.25) is 0 Å². The summed E-state index contributed by atoms with van der Waals surface area (Å²) in [4.78, 5) is 13.3. The van der Waals surface area contributed by atoms with E-state index in [4.69, 9.17) is 9.15 Å². The van der Waals surface area contributed by atoms with Crippen molar-refractivity contribution >= 4 is 11.0 Å². The van der Waals surface area contributed by atoms with Crippen molar-refractivity contribution in [2.45, 2.75) is 65.9 Å². The lowest BCUT2D eigenvalue weighted by atomic mass is 9.49. The second-order valence-electron chi connectivity index (χ2n) is 10.6. The number of hydrogen-bond acceptors (Lipinski definition) is 5.